The molecule has 2 heterocycles. The quantitative estimate of drug-likeness (QED) is 0.791. The van der Waals surface area contributed by atoms with Gasteiger partial charge in [-0.15, -0.1) is 12.4 Å². The van der Waals surface area contributed by atoms with E-state index in [9.17, 15) is 13.2 Å². The number of aryl methyl sites for hydroxylation is 1. The monoisotopic (exact) mass is 427 g/mol. The minimum atomic E-state index is -3.71. The Morgan fingerprint density at radius 3 is 2.50 bits per heavy atom. The molecule has 0 bridgehead atoms. The number of rotatable bonds is 5. The van der Waals surface area contributed by atoms with Crippen LogP contribution in [0.3, 0.4) is 0 Å². The Morgan fingerprint density at radius 1 is 1.21 bits per heavy atom. The fourth-order valence-electron chi connectivity index (χ4n) is 3.12. The second-order valence-electron chi connectivity index (χ2n) is 6.72. The summed E-state index contributed by atoms with van der Waals surface area (Å²) in [6, 6.07) is 10.9. The molecule has 1 N–H and O–H groups in total. The summed E-state index contributed by atoms with van der Waals surface area (Å²) in [4.78, 5) is 14.8. The van der Waals surface area contributed by atoms with Gasteiger partial charge in [-0.1, -0.05) is 31.2 Å². The van der Waals surface area contributed by atoms with Gasteiger partial charge in [-0.2, -0.15) is 0 Å². The van der Waals surface area contributed by atoms with Crippen LogP contribution in [-0.2, 0) is 16.4 Å². The fourth-order valence-corrected chi connectivity index (χ4v) is 3.91. The lowest BCUT2D eigenvalue weighted by molar-refractivity contribution is 0.0596. The van der Waals surface area contributed by atoms with Gasteiger partial charge >= 0.3 is 0 Å². The highest BCUT2D eigenvalue weighted by Crippen LogP contribution is 2.26. The van der Waals surface area contributed by atoms with E-state index in [1.807, 2.05) is 12.1 Å². The van der Waals surface area contributed by atoms with Gasteiger partial charge in [0.25, 0.3) is 15.9 Å². The molecule has 9 heteroatoms. The molecule has 0 saturated carbocycles. The summed E-state index contributed by atoms with van der Waals surface area (Å²) < 4.78 is 30.8. The van der Waals surface area contributed by atoms with E-state index in [1.165, 1.54) is 31.8 Å². The van der Waals surface area contributed by atoms with Crippen LogP contribution in [0.2, 0.25) is 0 Å². The molecule has 1 atom stereocenters. The van der Waals surface area contributed by atoms with Crippen molar-refractivity contribution in [3.63, 3.8) is 0 Å². The van der Waals surface area contributed by atoms with Crippen LogP contribution in [0.1, 0.15) is 34.6 Å². The Bertz CT molecular complexity index is 910. The van der Waals surface area contributed by atoms with Gasteiger partial charge < -0.3 is 14.6 Å². The van der Waals surface area contributed by atoms with Gasteiger partial charge in [-0.25, -0.2) is 12.7 Å². The van der Waals surface area contributed by atoms with E-state index in [2.05, 4.69) is 24.4 Å². The third-order valence-corrected chi connectivity index (χ3v) is 6.49. The fraction of sp³-hybridized carbons (Fsp3) is 0.421. The molecule has 1 unspecified atom stereocenters. The first-order chi connectivity index (χ1) is 12.8. The molecule has 1 aliphatic heterocycles. The molecule has 1 fully saturated rings. The van der Waals surface area contributed by atoms with E-state index in [0.717, 1.165) is 16.3 Å². The van der Waals surface area contributed by atoms with Crippen molar-refractivity contribution >= 4 is 28.3 Å². The number of carbonyl (C=O) groups excluding carboxylic acids is 1. The second kappa shape index (κ2) is 9.09. The number of carbonyl (C=O) groups is 1. The number of halogens is 1. The molecule has 1 amide bonds. The van der Waals surface area contributed by atoms with Crippen LogP contribution >= 0.6 is 12.4 Å². The molecular formula is C19H26ClN3O4S. The summed E-state index contributed by atoms with van der Waals surface area (Å²) in [5.41, 5.74) is 2.28. The maximum absolute atomic E-state index is 13.0. The average molecular weight is 428 g/mol. The molecule has 0 aliphatic carbocycles. The smallest absolute Gasteiger partial charge is 0.290 e. The molecular weight excluding hydrogens is 402 g/mol. The second-order valence-corrected chi connectivity index (χ2v) is 8.80. The average Bonchev–Trinajstić information content (AvgIpc) is 3.18. The largest absolute Gasteiger partial charge is 0.438 e. The summed E-state index contributed by atoms with van der Waals surface area (Å²) >= 11 is 0. The lowest BCUT2D eigenvalue weighted by Crippen LogP contribution is -2.48. The first-order valence-electron chi connectivity index (χ1n) is 8.97. The zero-order chi connectivity index (χ0) is 19.6. The number of benzene rings is 1. The van der Waals surface area contributed by atoms with E-state index in [1.54, 1.807) is 4.90 Å². The number of hydrogen-bond acceptors (Lipinski definition) is 5. The molecule has 0 radical (unpaired) electrons. The maximum atomic E-state index is 13.0. The number of nitrogens with zero attached hydrogens (tertiary/aromatic N) is 2. The molecule has 7 nitrogen and oxygen atoms in total. The Kier molecular flexibility index (Phi) is 7.28. The summed E-state index contributed by atoms with van der Waals surface area (Å²) in [5, 5.41) is 3.09. The maximum Gasteiger partial charge on any atom is 0.290 e. The molecule has 1 aliphatic rings. The van der Waals surface area contributed by atoms with Crippen LogP contribution < -0.4 is 5.32 Å². The first kappa shape index (κ1) is 22.4. The highest BCUT2D eigenvalue weighted by atomic mass is 35.5. The van der Waals surface area contributed by atoms with Crippen LogP contribution in [-0.4, -0.2) is 57.3 Å². The Hall–Kier alpha value is -1.87. The number of furan rings is 1. The van der Waals surface area contributed by atoms with Gasteiger partial charge in [-0.3, -0.25) is 4.79 Å². The zero-order valence-corrected chi connectivity index (χ0v) is 17.8. The number of hydrogen-bond donors (Lipinski definition) is 1. The number of piperazine rings is 1. The molecule has 1 aromatic carbocycles. The topological polar surface area (TPSA) is 82.9 Å². The molecule has 2 aromatic rings. The third kappa shape index (κ3) is 4.41. The normalized spacial score (nSPS) is 17.4. The SMILES string of the molecule is CCc1ccc(C2CNCCN2C(=O)c2ccc(S(=O)(=O)N(C)C)o2)cc1.Cl. The van der Waals surface area contributed by atoms with Crippen LogP contribution in [0.25, 0.3) is 0 Å². The van der Waals surface area contributed by atoms with Gasteiger partial charge in [0, 0.05) is 33.7 Å². The predicted octanol–water partition coefficient (Wildman–Crippen LogP) is 2.30. The minimum absolute atomic E-state index is 0. The lowest BCUT2D eigenvalue weighted by Gasteiger charge is -2.36. The molecule has 1 aromatic heterocycles. The van der Waals surface area contributed by atoms with Crippen molar-refractivity contribution in [1.29, 1.82) is 0 Å². The van der Waals surface area contributed by atoms with Crippen molar-refractivity contribution < 1.29 is 17.6 Å². The van der Waals surface area contributed by atoms with Gasteiger partial charge in [0.05, 0.1) is 6.04 Å². The zero-order valence-electron chi connectivity index (χ0n) is 16.2. The van der Waals surface area contributed by atoms with Crippen molar-refractivity contribution in [2.45, 2.75) is 24.5 Å². The van der Waals surface area contributed by atoms with E-state index in [0.29, 0.717) is 19.6 Å². The van der Waals surface area contributed by atoms with Crippen LogP contribution in [0.15, 0.2) is 45.9 Å². The van der Waals surface area contributed by atoms with Crippen LogP contribution in [0.4, 0.5) is 0 Å². The Morgan fingerprint density at radius 2 is 1.89 bits per heavy atom. The molecule has 3 rings (SSSR count). The van der Waals surface area contributed by atoms with Crippen molar-refractivity contribution in [2.75, 3.05) is 33.7 Å². The number of sulfonamides is 1. The van der Waals surface area contributed by atoms with Gasteiger partial charge in [0.15, 0.2) is 5.76 Å². The van der Waals surface area contributed by atoms with E-state index in [-0.39, 0.29) is 35.2 Å². The highest BCUT2D eigenvalue weighted by Gasteiger charge is 2.31. The lowest BCUT2D eigenvalue weighted by atomic mass is 10.0. The summed E-state index contributed by atoms with van der Waals surface area (Å²) in [6.07, 6.45) is 0.960. The van der Waals surface area contributed by atoms with Crippen molar-refractivity contribution in [1.82, 2.24) is 14.5 Å². The third-order valence-electron chi connectivity index (χ3n) is 4.80. The molecule has 1 saturated heterocycles. The summed E-state index contributed by atoms with van der Waals surface area (Å²) in [7, 11) is -0.866. The molecule has 0 spiro atoms. The van der Waals surface area contributed by atoms with E-state index >= 15 is 0 Å². The van der Waals surface area contributed by atoms with Crippen LogP contribution in [0, 0.1) is 0 Å². The first-order valence-corrected chi connectivity index (χ1v) is 10.4. The van der Waals surface area contributed by atoms with Gasteiger partial charge in [0.1, 0.15) is 0 Å². The minimum Gasteiger partial charge on any atom is -0.438 e. The number of nitrogens with one attached hydrogen (secondary N) is 1. The predicted molar refractivity (Wildman–Crippen MR) is 109 cm³/mol. The van der Waals surface area contributed by atoms with Gasteiger partial charge in [0.2, 0.25) is 5.09 Å². The van der Waals surface area contributed by atoms with E-state index < -0.39 is 10.0 Å². The molecule has 28 heavy (non-hydrogen) atoms. The standard InChI is InChI=1S/C19H25N3O4S.ClH/c1-4-14-5-7-15(8-6-14)16-13-20-11-12-22(16)19(23)17-9-10-18(26-17)27(24,25)21(2)3;/h5-10,16,20H,4,11-13H2,1-3H3;1H. The van der Waals surface area contributed by atoms with Crippen molar-refractivity contribution in [3.8, 4) is 0 Å². The number of amides is 1. The van der Waals surface area contributed by atoms with Gasteiger partial charge in [-0.05, 0) is 29.7 Å². The van der Waals surface area contributed by atoms with Crippen LogP contribution in [0.5, 0.6) is 0 Å². The van der Waals surface area contributed by atoms with Crippen molar-refractivity contribution in [2.24, 2.45) is 0 Å². The summed E-state index contributed by atoms with van der Waals surface area (Å²) in [5.74, 6) is -0.270. The highest BCUT2D eigenvalue weighted by molar-refractivity contribution is 7.88. The molecule has 154 valence electrons. The Balaban J connectivity index is 0.00000280. The Labute approximate surface area is 172 Å². The summed E-state index contributed by atoms with van der Waals surface area (Å²) in [6.45, 7) is 3.94. The van der Waals surface area contributed by atoms with Crippen molar-refractivity contribution in [3.05, 3.63) is 53.3 Å². The van der Waals surface area contributed by atoms with E-state index in [4.69, 9.17) is 4.42 Å².